The van der Waals surface area contributed by atoms with Crippen LogP contribution in [0.25, 0.3) is 0 Å². The van der Waals surface area contributed by atoms with E-state index in [1.165, 1.54) is 12.0 Å². The van der Waals surface area contributed by atoms with E-state index in [0.29, 0.717) is 17.5 Å². The van der Waals surface area contributed by atoms with Crippen LogP contribution in [0.4, 0.5) is 5.82 Å². The highest BCUT2D eigenvalue weighted by Gasteiger charge is 2.36. The average molecular weight is 467 g/mol. The topological polar surface area (TPSA) is 65.5 Å². The normalized spacial score (nSPS) is 22.5. The van der Waals surface area contributed by atoms with Crippen LogP contribution in [0.5, 0.6) is 0 Å². The summed E-state index contributed by atoms with van der Waals surface area (Å²) in [5, 5.41) is 4.08. The number of pyridine rings is 1. The standard InChI is InChI=1S/C26H31ClN4O2/c27-22-6-3-19(4-7-22)24(17-32)31-15-11-21(16-31)26(33)30-13-9-18(10-14-30)23-8-5-20-2-1-12-28-25(20)29-23/h3-8,17-18,21,24H,1-2,9-16H2,(H,28,29)/t21-,24+/m1/s1. The fourth-order valence-electron chi connectivity index (χ4n) is 5.50. The van der Waals surface area contributed by atoms with Crippen LogP contribution in [0.2, 0.25) is 5.02 Å². The van der Waals surface area contributed by atoms with E-state index in [0.717, 1.165) is 75.2 Å². The summed E-state index contributed by atoms with van der Waals surface area (Å²) in [5.74, 6) is 1.65. The molecule has 3 aliphatic rings. The summed E-state index contributed by atoms with van der Waals surface area (Å²) >= 11 is 5.99. The number of likely N-dealkylation sites (tertiary alicyclic amines) is 2. The number of nitrogens with one attached hydrogen (secondary N) is 1. The van der Waals surface area contributed by atoms with Gasteiger partial charge >= 0.3 is 0 Å². The number of aldehydes is 1. The Hall–Kier alpha value is -2.44. The number of hydrogen-bond acceptors (Lipinski definition) is 5. The lowest BCUT2D eigenvalue weighted by molar-refractivity contribution is -0.136. The second-order valence-corrected chi connectivity index (χ2v) is 9.92. The third-order valence-electron chi connectivity index (χ3n) is 7.44. The zero-order valence-electron chi connectivity index (χ0n) is 18.9. The minimum absolute atomic E-state index is 0.0395. The van der Waals surface area contributed by atoms with E-state index in [1.807, 2.05) is 29.2 Å². The van der Waals surface area contributed by atoms with Gasteiger partial charge in [0.2, 0.25) is 5.91 Å². The zero-order valence-corrected chi connectivity index (χ0v) is 19.6. The monoisotopic (exact) mass is 466 g/mol. The maximum absolute atomic E-state index is 13.2. The lowest BCUT2D eigenvalue weighted by atomic mass is 9.91. The molecule has 2 saturated heterocycles. The molecular formula is C26H31ClN4O2. The molecule has 7 heteroatoms. The first kappa shape index (κ1) is 22.4. The van der Waals surface area contributed by atoms with E-state index >= 15 is 0 Å². The molecule has 2 fully saturated rings. The van der Waals surface area contributed by atoms with Crippen molar-refractivity contribution in [3.05, 3.63) is 58.2 Å². The third kappa shape index (κ3) is 4.78. The maximum atomic E-state index is 13.2. The van der Waals surface area contributed by atoms with Crippen LogP contribution in [0, 0.1) is 5.92 Å². The number of rotatable bonds is 5. The van der Waals surface area contributed by atoms with Gasteiger partial charge < -0.3 is 15.0 Å². The molecule has 6 nitrogen and oxygen atoms in total. The van der Waals surface area contributed by atoms with Gasteiger partial charge in [0.05, 0.1) is 12.0 Å². The number of carbonyl (C=O) groups is 2. The number of nitrogens with zero attached hydrogens (tertiary/aromatic N) is 3. The van der Waals surface area contributed by atoms with E-state index in [9.17, 15) is 9.59 Å². The van der Waals surface area contributed by atoms with Crippen molar-refractivity contribution in [3.63, 3.8) is 0 Å². The summed E-state index contributed by atoms with van der Waals surface area (Å²) in [4.78, 5) is 34.1. The van der Waals surface area contributed by atoms with Crippen molar-refractivity contribution < 1.29 is 9.59 Å². The Morgan fingerprint density at radius 3 is 2.64 bits per heavy atom. The van der Waals surface area contributed by atoms with Crippen LogP contribution in [-0.4, -0.2) is 59.7 Å². The number of anilines is 1. The molecule has 1 N–H and O–H groups in total. The first-order valence-corrected chi connectivity index (χ1v) is 12.5. The average Bonchev–Trinajstić information content (AvgIpc) is 3.35. The quantitative estimate of drug-likeness (QED) is 0.673. The molecule has 1 aromatic heterocycles. The molecule has 0 bridgehead atoms. The van der Waals surface area contributed by atoms with Crippen molar-refractivity contribution in [2.24, 2.45) is 5.92 Å². The summed E-state index contributed by atoms with van der Waals surface area (Å²) in [7, 11) is 0. The highest BCUT2D eigenvalue weighted by molar-refractivity contribution is 6.30. The number of amides is 1. The fourth-order valence-corrected chi connectivity index (χ4v) is 5.63. The van der Waals surface area contributed by atoms with Gasteiger partial charge in [-0.05, 0) is 68.0 Å². The summed E-state index contributed by atoms with van der Waals surface area (Å²) in [6, 6.07) is 11.5. The molecule has 174 valence electrons. The van der Waals surface area contributed by atoms with E-state index in [-0.39, 0.29) is 17.9 Å². The predicted molar refractivity (Wildman–Crippen MR) is 130 cm³/mol. The van der Waals surface area contributed by atoms with Crippen molar-refractivity contribution in [2.45, 2.75) is 44.1 Å². The molecule has 0 aliphatic carbocycles. The van der Waals surface area contributed by atoms with Crippen LogP contribution in [-0.2, 0) is 16.0 Å². The number of halogens is 1. The molecule has 4 heterocycles. The minimum Gasteiger partial charge on any atom is -0.370 e. The third-order valence-corrected chi connectivity index (χ3v) is 7.70. The van der Waals surface area contributed by atoms with E-state index in [4.69, 9.17) is 16.6 Å². The van der Waals surface area contributed by atoms with Crippen molar-refractivity contribution in [1.82, 2.24) is 14.8 Å². The van der Waals surface area contributed by atoms with Gasteiger partial charge in [0.15, 0.2) is 0 Å². The van der Waals surface area contributed by atoms with Crippen molar-refractivity contribution in [1.29, 1.82) is 0 Å². The Morgan fingerprint density at radius 1 is 1.09 bits per heavy atom. The molecule has 2 atom stereocenters. The molecule has 0 saturated carbocycles. The summed E-state index contributed by atoms with van der Waals surface area (Å²) in [6.07, 6.45) is 5.95. The van der Waals surface area contributed by atoms with E-state index in [2.05, 4.69) is 22.3 Å². The molecule has 1 aromatic carbocycles. The largest absolute Gasteiger partial charge is 0.370 e. The van der Waals surface area contributed by atoms with Gasteiger partial charge in [-0.25, -0.2) is 4.98 Å². The Balaban J connectivity index is 1.17. The van der Waals surface area contributed by atoms with Crippen molar-refractivity contribution in [3.8, 4) is 0 Å². The summed E-state index contributed by atoms with van der Waals surface area (Å²) in [5.41, 5.74) is 3.39. The number of benzene rings is 1. The van der Waals surface area contributed by atoms with Crippen LogP contribution in [0.3, 0.4) is 0 Å². The molecule has 0 radical (unpaired) electrons. The molecule has 1 amide bonds. The van der Waals surface area contributed by atoms with Crippen LogP contribution in [0.15, 0.2) is 36.4 Å². The summed E-state index contributed by atoms with van der Waals surface area (Å²) in [6.45, 7) is 3.94. The van der Waals surface area contributed by atoms with Gasteiger partial charge in [0, 0.05) is 42.8 Å². The van der Waals surface area contributed by atoms with Gasteiger partial charge in [-0.15, -0.1) is 0 Å². The Labute approximate surface area is 200 Å². The Bertz CT molecular complexity index is 1000. The van der Waals surface area contributed by atoms with E-state index < -0.39 is 0 Å². The van der Waals surface area contributed by atoms with Crippen molar-refractivity contribution >= 4 is 29.6 Å². The summed E-state index contributed by atoms with van der Waals surface area (Å²) < 4.78 is 0. The van der Waals surface area contributed by atoms with Crippen LogP contribution >= 0.6 is 11.6 Å². The van der Waals surface area contributed by atoms with Gasteiger partial charge in [-0.2, -0.15) is 0 Å². The van der Waals surface area contributed by atoms with Gasteiger partial charge in [-0.1, -0.05) is 29.8 Å². The first-order valence-electron chi connectivity index (χ1n) is 12.1. The zero-order chi connectivity index (χ0) is 22.8. The van der Waals surface area contributed by atoms with Crippen molar-refractivity contribution in [2.75, 3.05) is 38.0 Å². The first-order chi connectivity index (χ1) is 16.1. The van der Waals surface area contributed by atoms with Gasteiger partial charge in [-0.3, -0.25) is 9.69 Å². The minimum atomic E-state index is -0.325. The molecule has 3 aliphatic heterocycles. The number of carbonyl (C=O) groups excluding carboxylic acids is 2. The molecule has 33 heavy (non-hydrogen) atoms. The van der Waals surface area contributed by atoms with E-state index in [1.54, 1.807) is 0 Å². The number of fused-ring (bicyclic) bond motifs is 1. The Morgan fingerprint density at radius 2 is 1.88 bits per heavy atom. The van der Waals surface area contributed by atoms with Gasteiger partial charge in [0.25, 0.3) is 0 Å². The number of aromatic nitrogens is 1. The number of piperidine rings is 1. The van der Waals surface area contributed by atoms with Gasteiger partial charge in [0.1, 0.15) is 12.1 Å². The number of hydrogen-bond donors (Lipinski definition) is 1. The maximum Gasteiger partial charge on any atom is 0.227 e. The molecule has 0 unspecified atom stereocenters. The second-order valence-electron chi connectivity index (χ2n) is 9.49. The Kier molecular flexibility index (Phi) is 6.65. The highest BCUT2D eigenvalue weighted by atomic mass is 35.5. The molecular weight excluding hydrogens is 436 g/mol. The highest BCUT2D eigenvalue weighted by Crippen LogP contribution is 2.32. The number of aryl methyl sites for hydroxylation is 1. The predicted octanol–water partition coefficient (Wildman–Crippen LogP) is 4.06. The van der Waals surface area contributed by atoms with Crippen LogP contribution in [0.1, 0.15) is 54.5 Å². The smallest absolute Gasteiger partial charge is 0.227 e. The lowest BCUT2D eigenvalue weighted by Crippen LogP contribution is -2.42. The molecule has 5 rings (SSSR count). The molecule has 0 spiro atoms. The van der Waals surface area contributed by atoms with Crippen LogP contribution < -0.4 is 5.32 Å². The molecule has 2 aromatic rings. The second kappa shape index (κ2) is 9.82. The SMILES string of the molecule is O=C[C@@H](c1ccc(Cl)cc1)N1CC[C@@H](C(=O)N2CCC(c3ccc4c(n3)NCCC4)CC2)C1. The lowest BCUT2D eigenvalue weighted by Gasteiger charge is -2.34. The fraction of sp³-hybridized carbons (Fsp3) is 0.500.